The van der Waals surface area contributed by atoms with Crippen molar-refractivity contribution in [3.8, 4) is 67.4 Å². The minimum Gasteiger partial charge on any atom is -0.246 e. The van der Waals surface area contributed by atoms with Gasteiger partial charge < -0.3 is 0 Å². The molecule has 60 heavy (non-hydrogen) atoms. The molecule has 11 aromatic rings. The minimum atomic E-state index is -0.0650. The molecule has 3 aromatic heterocycles. The highest BCUT2D eigenvalue weighted by molar-refractivity contribution is 7.26. The van der Waals surface area contributed by atoms with Gasteiger partial charge in [-0.25, -0.2) is 15.0 Å². The molecule has 0 amide bonds. The summed E-state index contributed by atoms with van der Waals surface area (Å²) in [4.78, 5) is 16.0. The van der Waals surface area contributed by atoms with Crippen LogP contribution in [0.25, 0.3) is 109 Å². The third kappa shape index (κ3) is 5.38. The van der Waals surface area contributed by atoms with Gasteiger partial charge in [0.1, 0.15) is 0 Å². The van der Waals surface area contributed by atoms with Gasteiger partial charge in [0.05, 0.1) is 22.6 Å². The lowest BCUT2D eigenvalue weighted by Gasteiger charge is -2.21. The van der Waals surface area contributed by atoms with E-state index in [-0.39, 0.29) is 5.41 Å². The molecule has 0 saturated heterocycles. The van der Waals surface area contributed by atoms with Crippen molar-refractivity contribution in [2.24, 2.45) is 0 Å². The lowest BCUT2D eigenvalue weighted by atomic mass is 9.82. The van der Waals surface area contributed by atoms with Gasteiger partial charge in [0.25, 0.3) is 0 Å². The fraction of sp³-hybridized carbons (Fsp3) is 0.0536. The summed E-state index contributed by atoms with van der Waals surface area (Å²) in [5, 5.41) is 6.18. The fourth-order valence-electron chi connectivity index (χ4n) is 9.54. The van der Waals surface area contributed by atoms with Crippen LogP contribution in [0.4, 0.5) is 0 Å². The molecule has 12 rings (SSSR count). The Balaban J connectivity index is 1.02. The van der Waals surface area contributed by atoms with Crippen LogP contribution in [0, 0.1) is 0 Å². The molecule has 0 unspecified atom stereocenters. The average molecular weight is 784 g/mol. The summed E-state index contributed by atoms with van der Waals surface area (Å²) in [6.07, 6.45) is 0. The summed E-state index contributed by atoms with van der Waals surface area (Å²) >= 11 is 1.86. The van der Waals surface area contributed by atoms with Crippen LogP contribution >= 0.6 is 11.3 Å². The number of pyridine rings is 1. The van der Waals surface area contributed by atoms with E-state index in [2.05, 4.69) is 196 Å². The first kappa shape index (κ1) is 34.7. The number of thiophene rings is 1. The molecule has 0 atom stereocenters. The second kappa shape index (κ2) is 13.4. The van der Waals surface area contributed by atoms with Crippen LogP contribution < -0.4 is 0 Å². The molecule has 282 valence electrons. The number of rotatable bonds is 5. The third-order valence-electron chi connectivity index (χ3n) is 12.5. The predicted octanol–water partition coefficient (Wildman–Crippen LogP) is 15.2. The monoisotopic (exact) mass is 783 g/mol. The molecule has 0 N–H and O–H groups in total. The fourth-order valence-corrected chi connectivity index (χ4v) is 10.7. The first-order valence-electron chi connectivity index (χ1n) is 20.5. The number of hydrogen-bond acceptors (Lipinski definition) is 4. The van der Waals surface area contributed by atoms with Gasteiger partial charge in [-0.15, -0.1) is 11.3 Å². The first-order chi connectivity index (χ1) is 29.5. The van der Waals surface area contributed by atoms with Gasteiger partial charge in [-0.05, 0) is 52.1 Å². The number of para-hydroxylation sites is 1. The van der Waals surface area contributed by atoms with Gasteiger partial charge in [-0.1, -0.05) is 178 Å². The molecule has 0 bridgehead atoms. The van der Waals surface area contributed by atoms with Crippen LogP contribution in [0.15, 0.2) is 188 Å². The standard InChI is InChI=1S/C56H37N3S/c1-56(2)45-22-11-9-18-40(45)44-32-38(28-30-46(44)56)55-57-47(35-14-5-3-6-15-35)33-48(58-55)36-26-24-34(25-27-36)39-20-13-21-42-51-43(53(59-54(39)42)37-16-7-4-8-17-37)29-31-50-52(51)41-19-10-12-23-49(41)60-50/h3-33H,1-2H3. The molecule has 1 aliphatic rings. The number of hydrogen-bond donors (Lipinski definition) is 0. The molecule has 0 aliphatic heterocycles. The minimum absolute atomic E-state index is 0.0650. The van der Waals surface area contributed by atoms with E-state index in [0.29, 0.717) is 5.82 Å². The highest BCUT2D eigenvalue weighted by atomic mass is 32.1. The van der Waals surface area contributed by atoms with Crippen molar-refractivity contribution in [3.63, 3.8) is 0 Å². The van der Waals surface area contributed by atoms with Crippen LogP contribution in [0.2, 0.25) is 0 Å². The van der Waals surface area contributed by atoms with E-state index in [1.807, 2.05) is 17.4 Å². The lowest BCUT2D eigenvalue weighted by molar-refractivity contribution is 0.660. The summed E-state index contributed by atoms with van der Waals surface area (Å²) in [6, 6.07) is 67.4. The van der Waals surface area contributed by atoms with Crippen molar-refractivity contribution in [1.82, 2.24) is 15.0 Å². The molecular formula is C56H37N3S. The molecule has 8 aromatic carbocycles. The zero-order chi connectivity index (χ0) is 40.0. The van der Waals surface area contributed by atoms with Crippen LogP contribution in [0.3, 0.4) is 0 Å². The molecule has 0 saturated carbocycles. The number of aromatic nitrogens is 3. The molecule has 0 fully saturated rings. The summed E-state index contributed by atoms with van der Waals surface area (Å²) in [5.74, 6) is 0.714. The maximum absolute atomic E-state index is 5.52. The number of fused-ring (bicyclic) bond motifs is 10. The first-order valence-corrected chi connectivity index (χ1v) is 21.3. The maximum Gasteiger partial charge on any atom is 0.160 e. The molecule has 1 aliphatic carbocycles. The Morgan fingerprint density at radius 2 is 1.00 bits per heavy atom. The molecule has 0 radical (unpaired) electrons. The summed E-state index contributed by atoms with van der Waals surface area (Å²) in [5.41, 5.74) is 15.4. The lowest BCUT2D eigenvalue weighted by Crippen LogP contribution is -2.14. The predicted molar refractivity (Wildman–Crippen MR) is 252 cm³/mol. The molecule has 3 heterocycles. The van der Waals surface area contributed by atoms with Gasteiger partial charge >= 0.3 is 0 Å². The number of benzene rings is 8. The Hall–Kier alpha value is -7.27. The van der Waals surface area contributed by atoms with Gasteiger partial charge in [0.2, 0.25) is 0 Å². The van der Waals surface area contributed by atoms with Crippen molar-refractivity contribution >= 4 is 53.2 Å². The zero-order valence-electron chi connectivity index (χ0n) is 33.1. The Labute approximate surface area is 352 Å². The summed E-state index contributed by atoms with van der Waals surface area (Å²) in [6.45, 7) is 4.63. The van der Waals surface area contributed by atoms with E-state index in [1.165, 1.54) is 53.2 Å². The summed E-state index contributed by atoms with van der Waals surface area (Å²) < 4.78 is 2.59. The van der Waals surface area contributed by atoms with E-state index in [9.17, 15) is 0 Å². The van der Waals surface area contributed by atoms with Gasteiger partial charge in [-0.2, -0.15) is 0 Å². The number of nitrogens with zero attached hydrogens (tertiary/aromatic N) is 3. The van der Waals surface area contributed by atoms with Crippen molar-refractivity contribution in [3.05, 3.63) is 199 Å². The van der Waals surface area contributed by atoms with Crippen molar-refractivity contribution in [2.75, 3.05) is 0 Å². The van der Waals surface area contributed by atoms with Gasteiger partial charge in [0, 0.05) is 69.6 Å². The van der Waals surface area contributed by atoms with Crippen molar-refractivity contribution in [2.45, 2.75) is 19.3 Å². The molecule has 4 heteroatoms. The Morgan fingerprint density at radius 3 is 1.80 bits per heavy atom. The smallest absolute Gasteiger partial charge is 0.160 e. The SMILES string of the molecule is CC1(C)c2ccccc2-c2cc(-c3nc(-c4ccccc4)cc(-c4ccc(-c5cccc6c5nc(-c5ccccc5)c5ccc7sc8ccccc8c7c56)cc4)n3)ccc21. The molecule has 3 nitrogen and oxygen atoms in total. The Bertz CT molecular complexity index is 3490. The molecule has 0 spiro atoms. The summed E-state index contributed by atoms with van der Waals surface area (Å²) in [7, 11) is 0. The van der Waals surface area contributed by atoms with Gasteiger partial charge in [0.15, 0.2) is 5.82 Å². The normalized spacial score (nSPS) is 13.0. The highest BCUT2D eigenvalue weighted by Crippen LogP contribution is 2.50. The van der Waals surface area contributed by atoms with E-state index in [1.54, 1.807) is 0 Å². The average Bonchev–Trinajstić information content (AvgIpc) is 3.80. The highest BCUT2D eigenvalue weighted by Gasteiger charge is 2.35. The van der Waals surface area contributed by atoms with Crippen LogP contribution in [0.1, 0.15) is 25.0 Å². The topological polar surface area (TPSA) is 38.7 Å². The van der Waals surface area contributed by atoms with Crippen LogP contribution in [0.5, 0.6) is 0 Å². The Morgan fingerprint density at radius 1 is 0.383 bits per heavy atom. The van der Waals surface area contributed by atoms with Gasteiger partial charge in [-0.3, -0.25) is 0 Å². The zero-order valence-corrected chi connectivity index (χ0v) is 34.0. The van der Waals surface area contributed by atoms with Crippen LogP contribution in [-0.2, 0) is 5.41 Å². The van der Waals surface area contributed by atoms with E-state index in [0.717, 1.165) is 61.4 Å². The second-order valence-electron chi connectivity index (χ2n) is 16.3. The second-order valence-corrected chi connectivity index (χ2v) is 17.4. The Kier molecular flexibility index (Phi) is 7.75. The van der Waals surface area contributed by atoms with Crippen molar-refractivity contribution < 1.29 is 0 Å². The van der Waals surface area contributed by atoms with E-state index in [4.69, 9.17) is 15.0 Å². The quantitative estimate of drug-likeness (QED) is 0.163. The van der Waals surface area contributed by atoms with Crippen LogP contribution in [-0.4, -0.2) is 15.0 Å². The molecular weight excluding hydrogens is 747 g/mol. The maximum atomic E-state index is 5.52. The largest absolute Gasteiger partial charge is 0.246 e. The van der Waals surface area contributed by atoms with E-state index >= 15 is 0 Å². The third-order valence-corrected chi connectivity index (χ3v) is 13.6. The van der Waals surface area contributed by atoms with Crippen molar-refractivity contribution in [1.29, 1.82) is 0 Å². The van der Waals surface area contributed by atoms with E-state index < -0.39 is 0 Å².